The van der Waals surface area contributed by atoms with Crippen molar-refractivity contribution in [2.24, 2.45) is 0 Å². The number of pyridine rings is 2. The van der Waals surface area contributed by atoms with Gasteiger partial charge in [-0.1, -0.05) is 0 Å². The Morgan fingerprint density at radius 2 is 1.94 bits per heavy atom. The number of carbonyl (C=O) groups is 1. The summed E-state index contributed by atoms with van der Waals surface area (Å²) < 4.78 is 11.9. The zero-order chi connectivity index (χ0) is 21.8. The lowest BCUT2D eigenvalue weighted by atomic mass is 9.93. The number of hydrogen-bond acceptors (Lipinski definition) is 8. The predicted molar refractivity (Wildman–Crippen MR) is 119 cm³/mol. The van der Waals surface area contributed by atoms with Crippen molar-refractivity contribution in [2.45, 2.75) is 37.8 Å². The Hall–Kier alpha value is -3.33. The minimum absolute atomic E-state index is 0.0514. The van der Waals surface area contributed by atoms with Crippen molar-refractivity contribution in [1.29, 1.82) is 0 Å². The van der Waals surface area contributed by atoms with E-state index in [4.69, 9.17) is 14.5 Å². The number of carbonyl (C=O) groups excluding carboxylic acids is 1. The average Bonchev–Trinajstić information content (AvgIpc) is 2.86. The van der Waals surface area contributed by atoms with Crippen molar-refractivity contribution < 1.29 is 14.3 Å². The molecular formula is C23H26N6O3. The van der Waals surface area contributed by atoms with Crippen molar-refractivity contribution in [1.82, 2.24) is 25.3 Å². The molecule has 3 aromatic heterocycles. The molecule has 3 aromatic rings. The van der Waals surface area contributed by atoms with E-state index in [1.807, 2.05) is 18.2 Å². The highest BCUT2D eigenvalue weighted by Crippen LogP contribution is 2.31. The van der Waals surface area contributed by atoms with Gasteiger partial charge in [0.2, 0.25) is 5.88 Å². The van der Waals surface area contributed by atoms with Gasteiger partial charge in [-0.15, -0.1) is 0 Å². The second-order valence-electron chi connectivity index (χ2n) is 8.11. The molecule has 1 aliphatic carbocycles. The Morgan fingerprint density at radius 1 is 1.09 bits per heavy atom. The third kappa shape index (κ3) is 4.62. The minimum Gasteiger partial charge on any atom is -0.474 e. The molecule has 0 spiro atoms. The third-order valence-electron chi connectivity index (χ3n) is 5.97. The molecule has 5 rings (SSSR count). The number of aromatic nitrogens is 4. The Balaban J connectivity index is 1.25. The maximum Gasteiger partial charge on any atom is 0.271 e. The molecule has 9 heteroatoms. The molecule has 0 aromatic carbocycles. The minimum atomic E-state index is -0.181. The quantitative estimate of drug-likeness (QED) is 0.653. The fraction of sp³-hybridized carbons (Fsp3) is 0.435. The molecule has 1 amide bonds. The number of morpholine rings is 1. The average molecular weight is 435 g/mol. The van der Waals surface area contributed by atoms with Crippen molar-refractivity contribution in [3.8, 4) is 5.88 Å². The molecule has 4 heterocycles. The van der Waals surface area contributed by atoms with Gasteiger partial charge >= 0.3 is 0 Å². The summed E-state index contributed by atoms with van der Waals surface area (Å²) in [5, 5.41) is 3.98. The first-order valence-corrected chi connectivity index (χ1v) is 11.1. The van der Waals surface area contributed by atoms with Gasteiger partial charge in [0, 0.05) is 43.8 Å². The Labute approximate surface area is 186 Å². The number of rotatable bonds is 5. The molecule has 2 fully saturated rings. The molecule has 0 radical (unpaired) electrons. The molecule has 1 aliphatic heterocycles. The van der Waals surface area contributed by atoms with Crippen LogP contribution in [0.25, 0.3) is 10.9 Å². The molecular weight excluding hydrogens is 408 g/mol. The van der Waals surface area contributed by atoms with Gasteiger partial charge in [-0.3, -0.25) is 14.8 Å². The van der Waals surface area contributed by atoms with Crippen LogP contribution in [0.2, 0.25) is 0 Å². The highest BCUT2D eigenvalue weighted by atomic mass is 16.5. The van der Waals surface area contributed by atoms with Crippen LogP contribution < -0.4 is 15.0 Å². The summed E-state index contributed by atoms with van der Waals surface area (Å²) in [6, 6.07) is 6.03. The van der Waals surface area contributed by atoms with Crippen LogP contribution >= 0.6 is 0 Å². The summed E-state index contributed by atoms with van der Waals surface area (Å²) in [6.07, 6.45) is 9.78. The zero-order valence-corrected chi connectivity index (χ0v) is 17.8. The van der Waals surface area contributed by atoms with E-state index >= 15 is 0 Å². The standard InChI is InChI=1S/C23H26N6O3/c30-22(20-15-24-8-9-26-20)27-16-3-5-17(6-4-16)32-23-18-2-1-7-25-19(18)14-21(28-23)29-10-12-31-13-11-29/h1-2,7-9,14-17H,3-6,10-13H2,(H,27,30). The number of anilines is 1. The summed E-state index contributed by atoms with van der Waals surface area (Å²) in [4.78, 5) is 32.0. The van der Waals surface area contributed by atoms with E-state index in [1.54, 1.807) is 12.4 Å². The van der Waals surface area contributed by atoms with Gasteiger partial charge in [0.05, 0.1) is 30.3 Å². The zero-order valence-electron chi connectivity index (χ0n) is 17.8. The van der Waals surface area contributed by atoms with E-state index in [0.29, 0.717) is 24.8 Å². The lowest BCUT2D eigenvalue weighted by molar-refractivity contribution is 0.0886. The molecule has 32 heavy (non-hydrogen) atoms. The third-order valence-corrected chi connectivity index (χ3v) is 5.97. The molecule has 2 aliphatic rings. The number of nitrogens with one attached hydrogen (secondary N) is 1. The largest absolute Gasteiger partial charge is 0.474 e. The molecule has 0 unspecified atom stereocenters. The highest BCUT2D eigenvalue weighted by molar-refractivity contribution is 5.92. The summed E-state index contributed by atoms with van der Waals surface area (Å²) in [7, 11) is 0. The van der Waals surface area contributed by atoms with Gasteiger partial charge in [0.1, 0.15) is 17.6 Å². The van der Waals surface area contributed by atoms with Crippen LogP contribution in [0.5, 0.6) is 5.88 Å². The van der Waals surface area contributed by atoms with E-state index in [-0.39, 0.29) is 18.1 Å². The number of ether oxygens (including phenoxy) is 2. The van der Waals surface area contributed by atoms with Gasteiger partial charge < -0.3 is 19.7 Å². The second kappa shape index (κ2) is 9.44. The number of hydrogen-bond donors (Lipinski definition) is 1. The first-order chi connectivity index (χ1) is 15.8. The molecule has 0 bridgehead atoms. The lowest BCUT2D eigenvalue weighted by Gasteiger charge is -2.31. The van der Waals surface area contributed by atoms with Crippen LogP contribution in [0.15, 0.2) is 43.0 Å². The first-order valence-electron chi connectivity index (χ1n) is 11.1. The first kappa shape index (κ1) is 20.6. The second-order valence-corrected chi connectivity index (χ2v) is 8.11. The van der Waals surface area contributed by atoms with Crippen LogP contribution in [-0.4, -0.2) is 64.3 Å². The van der Waals surface area contributed by atoms with Crippen molar-refractivity contribution in [3.63, 3.8) is 0 Å². The van der Waals surface area contributed by atoms with Gasteiger partial charge in [0.15, 0.2) is 0 Å². The van der Waals surface area contributed by atoms with E-state index in [1.165, 1.54) is 12.4 Å². The Morgan fingerprint density at radius 3 is 2.72 bits per heavy atom. The summed E-state index contributed by atoms with van der Waals surface area (Å²) in [5.74, 6) is 1.32. The summed E-state index contributed by atoms with van der Waals surface area (Å²) in [6.45, 7) is 3.01. The van der Waals surface area contributed by atoms with E-state index < -0.39 is 0 Å². The molecule has 1 N–H and O–H groups in total. The Bertz CT molecular complexity index is 1070. The van der Waals surface area contributed by atoms with Crippen LogP contribution in [0, 0.1) is 0 Å². The summed E-state index contributed by atoms with van der Waals surface area (Å²) in [5.41, 5.74) is 1.22. The fourth-order valence-electron chi connectivity index (χ4n) is 4.24. The normalized spacial score (nSPS) is 21.3. The van der Waals surface area contributed by atoms with E-state index in [2.05, 4.69) is 25.2 Å². The lowest BCUT2D eigenvalue weighted by Crippen LogP contribution is -2.40. The summed E-state index contributed by atoms with van der Waals surface area (Å²) >= 11 is 0. The van der Waals surface area contributed by atoms with Gasteiger partial charge in [0.25, 0.3) is 5.91 Å². The molecule has 1 saturated heterocycles. The predicted octanol–water partition coefficient (Wildman–Crippen LogP) is 2.38. The van der Waals surface area contributed by atoms with Crippen molar-refractivity contribution in [3.05, 3.63) is 48.7 Å². The van der Waals surface area contributed by atoms with Crippen molar-refractivity contribution in [2.75, 3.05) is 31.2 Å². The van der Waals surface area contributed by atoms with Gasteiger partial charge in [-0.05, 0) is 37.8 Å². The molecule has 0 atom stereocenters. The number of amides is 1. The maximum absolute atomic E-state index is 12.3. The molecule has 166 valence electrons. The highest BCUT2D eigenvalue weighted by Gasteiger charge is 2.26. The van der Waals surface area contributed by atoms with E-state index in [9.17, 15) is 4.79 Å². The van der Waals surface area contributed by atoms with Crippen molar-refractivity contribution >= 4 is 22.6 Å². The van der Waals surface area contributed by atoms with Gasteiger partial charge in [-0.25, -0.2) is 4.98 Å². The van der Waals surface area contributed by atoms with E-state index in [0.717, 1.165) is 55.5 Å². The maximum atomic E-state index is 12.3. The monoisotopic (exact) mass is 434 g/mol. The smallest absolute Gasteiger partial charge is 0.271 e. The van der Waals surface area contributed by atoms with Crippen LogP contribution in [-0.2, 0) is 4.74 Å². The van der Waals surface area contributed by atoms with Crippen LogP contribution in [0.4, 0.5) is 5.82 Å². The number of nitrogens with zero attached hydrogens (tertiary/aromatic N) is 5. The molecule has 1 saturated carbocycles. The van der Waals surface area contributed by atoms with Crippen LogP contribution in [0.3, 0.4) is 0 Å². The van der Waals surface area contributed by atoms with Crippen LogP contribution in [0.1, 0.15) is 36.2 Å². The Kier molecular flexibility index (Phi) is 6.06. The fourth-order valence-corrected chi connectivity index (χ4v) is 4.24. The number of fused-ring (bicyclic) bond motifs is 1. The molecule has 9 nitrogen and oxygen atoms in total. The van der Waals surface area contributed by atoms with Gasteiger partial charge in [-0.2, -0.15) is 4.98 Å². The SMILES string of the molecule is O=C(NC1CCC(Oc2nc(N3CCOCC3)cc3ncccc23)CC1)c1cnccn1. The topological polar surface area (TPSA) is 102 Å².